The van der Waals surface area contributed by atoms with Gasteiger partial charge in [-0.25, -0.2) is 0 Å². The van der Waals surface area contributed by atoms with E-state index in [2.05, 4.69) is 42.9 Å². The number of carbonyl (C=O) groups excluding carboxylic acids is 1. The van der Waals surface area contributed by atoms with Crippen molar-refractivity contribution in [1.82, 2.24) is 30.0 Å². The third kappa shape index (κ3) is 3.57. The molecule has 1 aliphatic carbocycles. The van der Waals surface area contributed by atoms with Gasteiger partial charge in [-0.05, 0) is 38.7 Å². The Hall–Kier alpha value is -3.10. The molecule has 4 rings (SSSR count). The smallest absolute Gasteiger partial charge is 0.244 e. The molecule has 4 N–H and O–H groups in total. The summed E-state index contributed by atoms with van der Waals surface area (Å²) in [4.78, 5) is 24.1. The molecule has 0 aromatic carbocycles. The van der Waals surface area contributed by atoms with Crippen LogP contribution in [-0.4, -0.2) is 43.7 Å². The number of rotatable bonds is 7. The summed E-state index contributed by atoms with van der Waals surface area (Å²) in [6.07, 6.45) is 7.82. The number of nitrogens with one attached hydrogen (secondary N) is 4. The molecule has 0 aliphatic heterocycles. The van der Waals surface area contributed by atoms with Crippen molar-refractivity contribution in [3.63, 3.8) is 0 Å². The first-order valence-electron chi connectivity index (χ1n) is 9.19. The lowest BCUT2D eigenvalue weighted by atomic mass is 10.2. The van der Waals surface area contributed by atoms with E-state index in [1.54, 1.807) is 31.0 Å². The van der Waals surface area contributed by atoms with Crippen molar-refractivity contribution in [3.8, 4) is 0 Å². The van der Waals surface area contributed by atoms with E-state index in [-0.39, 0.29) is 5.91 Å². The van der Waals surface area contributed by atoms with E-state index in [4.69, 9.17) is 0 Å². The largest absolute Gasteiger partial charge is 0.367 e. The molecule has 9 heteroatoms. The second-order valence-electron chi connectivity index (χ2n) is 7.03. The Morgan fingerprint density at radius 3 is 2.89 bits per heavy atom. The first kappa shape index (κ1) is 17.3. The lowest BCUT2D eigenvalue weighted by Gasteiger charge is -2.15. The zero-order valence-electron chi connectivity index (χ0n) is 15.7. The third-order valence-electron chi connectivity index (χ3n) is 4.99. The molecular weight excluding hydrogens is 344 g/mol. The third-order valence-corrected chi connectivity index (χ3v) is 4.99. The molecule has 9 nitrogen and oxygen atoms in total. The Balaban J connectivity index is 1.57. The molecule has 0 saturated heterocycles. The number of aromatic nitrogens is 5. The lowest BCUT2D eigenvalue weighted by molar-refractivity contribution is -0.123. The summed E-state index contributed by atoms with van der Waals surface area (Å²) in [7, 11) is 1.61. The Morgan fingerprint density at radius 1 is 1.33 bits per heavy atom. The van der Waals surface area contributed by atoms with Crippen LogP contribution in [0.1, 0.15) is 32.7 Å². The zero-order valence-corrected chi connectivity index (χ0v) is 15.7. The summed E-state index contributed by atoms with van der Waals surface area (Å²) < 4.78 is 1.60. The number of aromatic amines is 1. The van der Waals surface area contributed by atoms with Gasteiger partial charge in [-0.15, -0.1) is 0 Å². The standard InChI is InChI=1S/C18H24N8O/c1-10(12-4-5-12)22-16-14-6-7-20-15(14)24-18(25-16)23-13-8-21-26(9-13)11(2)17(27)19-3/h6-12H,4-5H2,1-3H3,(H,19,27)(H3,20,22,23,24,25)/t10-,11?/m0/s1. The molecule has 27 heavy (non-hydrogen) atoms. The predicted molar refractivity (Wildman–Crippen MR) is 104 cm³/mol. The minimum Gasteiger partial charge on any atom is -0.367 e. The van der Waals surface area contributed by atoms with Gasteiger partial charge in [0.05, 0.1) is 17.3 Å². The zero-order chi connectivity index (χ0) is 19.0. The topological polar surface area (TPSA) is 113 Å². The van der Waals surface area contributed by atoms with Gasteiger partial charge >= 0.3 is 0 Å². The first-order valence-corrected chi connectivity index (χ1v) is 9.19. The minimum atomic E-state index is -0.394. The van der Waals surface area contributed by atoms with Crippen molar-refractivity contribution in [2.24, 2.45) is 5.92 Å². The second-order valence-corrected chi connectivity index (χ2v) is 7.03. The summed E-state index contributed by atoms with van der Waals surface area (Å²) in [5.74, 6) is 1.90. The van der Waals surface area contributed by atoms with E-state index < -0.39 is 6.04 Å². The van der Waals surface area contributed by atoms with Gasteiger partial charge in [0, 0.05) is 25.5 Å². The fourth-order valence-corrected chi connectivity index (χ4v) is 3.11. The summed E-state index contributed by atoms with van der Waals surface area (Å²) in [6.45, 7) is 3.98. The Labute approximate surface area is 157 Å². The number of hydrogen-bond donors (Lipinski definition) is 4. The Kier molecular flexibility index (Phi) is 4.43. The van der Waals surface area contributed by atoms with Gasteiger partial charge in [0.15, 0.2) is 0 Å². The van der Waals surface area contributed by atoms with Gasteiger partial charge in [-0.3, -0.25) is 9.48 Å². The monoisotopic (exact) mass is 368 g/mol. The van der Waals surface area contributed by atoms with E-state index in [0.29, 0.717) is 12.0 Å². The molecular formula is C18H24N8O. The highest BCUT2D eigenvalue weighted by molar-refractivity contribution is 5.88. The second kappa shape index (κ2) is 6.90. The average Bonchev–Trinajstić information content (AvgIpc) is 3.24. The van der Waals surface area contributed by atoms with Gasteiger partial charge in [0.2, 0.25) is 11.9 Å². The molecule has 1 amide bonds. The van der Waals surface area contributed by atoms with Crippen LogP contribution < -0.4 is 16.0 Å². The molecule has 2 atom stereocenters. The van der Waals surface area contributed by atoms with Crippen molar-refractivity contribution in [2.75, 3.05) is 17.7 Å². The highest BCUT2D eigenvalue weighted by atomic mass is 16.2. The van der Waals surface area contributed by atoms with Crippen LogP contribution >= 0.6 is 0 Å². The number of fused-ring (bicyclic) bond motifs is 1. The van der Waals surface area contributed by atoms with Crippen molar-refractivity contribution in [2.45, 2.75) is 38.8 Å². The van der Waals surface area contributed by atoms with Gasteiger partial charge in [0.1, 0.15) is 17.5 Å². The van der Waals surface area contributed by atoms with Crippen molar-refractivity contribution < 1.29 is 4.79 Å². The van der Waals surface area contributed by atoms with Gasteiger partial charge in [-0.1, -0.05) is 0 Å². The summed E-state index contributed by atoms with van der Waals surface area (Å²) in [5, 5.41) is 14.5. The normalized spacial score (nSPS) is 16.1. The fourth-order valence-electron chi connectivity index (χ4n) is 3.11. The van der Waals surface area contributed by atoms with Crippen LogP contribution in [0.15, 0.2) is 24.7 Å². The van der Waals surface area contributed by atoms with E-state index in [0.717, 1.165) is 28.5 Å². The van der Waals surface area contributed by atoms with Crippen LogP contribution in [0.25, 0.3) is 11.0 Å². The Bertz CT molecular complexity index is 957. The number of H-pyrrole nitrogens is 1. The number of amides is 1. The van der Waals surface area contributed by atoms with E-state index in [9.17, 15) is 4.79 Å². The van der Waals surface area contributed by atoms with E-state index >= 15 is 0 Å². The fraction of sp³-hybridized carbons (Fsp3) is 0.444. The summed E-state index contributed by atoms with van der Waals surface area (Å²) in [5.41, 5.74) is 1.49. The molecule has 1 aliphatic rings. The maximum atomic E-state index is 11.8. The van der Waals surface area contributed by atoms with Crippen LogP contribution in [0.3, 0.4) is 0 Å². The molecule has 1 unspecified atom stereocenters. The lowest BCUT2D eigenvalue weighted by Crippen LogP contribution is -2.27. The molecule has 0 radical (unpaired) electrons. The number of anilines is 3. The van der Waals surface area contributed by atoms with E-state index in [1.165, 1.54) is 12.8 Å². The number of nitrogens with zero attached hydrogens (tertiary/aromatic N) is 4. The number of likely N-dealkylation sites (N-methyl/N-ethyl adjacent to an activating group) is 1. The quantitative estimate of drug-likeness (QED) is 0.509. The molecule has 1 fully saturated rings. The molecule has 3 aromatic rings. The highest BCUT2D eigenvalue weighted by Crippen LogP contribution is 2.34. The van der Waals surface area contributed by atoms with Gasteiger partial charge in [0.25, 0.3) is 0 Å². The molecule has 0 bridgehead atoms. The van der Waals surface area contributed by atoms with Crippen LogP contribution in [0.5, 0.6) is 0 Å². The first-order chi connectivity index (χ1) is 13.0. The molecule has 3 aromatic heterocycles. The van der Waals surface area contributed by atoms with Crippen LogP contribution in [-0.2, 0) is 4.79 Å². The number of carbonyl (C=O) groups is 1. The van der Waals surface area contributed by atoms with Crippen LogP contribution in [0.2, 0.25) is 0 Å². The molecule has 3 heterocycles. The molecule has 0 spiro atoms. The van der Waals surface area contributed by atoms with Crippen molar-refractivity contribution in [1.29, 1.82) is 0 Å². The maximum Gasteiger partial charge on any atom is 0.244 e. The van der Waals surface area contributed by atoms with Crippen LogP contribution in [0, 0.1) is 5.92 Å². The predicted octanol–water partition coefficient (Wildman–Crippen LogP) is 2.42. The van der Waals surface area contributed by atoms with Gasteiger partial charge in [-0.2, -0.15) is 15.1 Å². The summed E-state index contributed by atoms with van der Waals surface area (Å²) >= 11 is 0. The van der Waals surface area contributed by atoms with Crippen LogP contribution in [0.4, 0.5) is 17.5 Å². The maximum absolute atomic E-state index is 11.8. The SMILES string of the molecule is CNC(=O)C(C)n1cc(Nc2nc(N[C@@H](C)C3CC3)c3cc[nH]c3n2)cn1. The van der Waals surface area contributed by atoms with E-state index in [1.807, 2.05) is 12.3 Å². The highest BCUT2D eigenvalue weighted by Gasteiger charge is 2.28. The van der Waals surface area contributed by atoms with Crippen molar-refractivity contribution in [3.05, 3.63) is 24.7 Å². The molecule has 1 saturated carbocycles. The van der Waals surface area contributed by atoms with Gasteiger partial charge < -0.3 is 20.9 Å². The number of hydrogen-bond acceptors (Lipinski definition) is 6. The Morgan fingerprint density at radius 2 is 2.15 bits per heavy atom. The average molecular weight is 368 g/mol. The summed E-state index contributed by atoms with van der Waals surface area (Å²) in [6, 6.07) is 1.96. The van der Waals surface area contributed by atoms with Crippen molar-refractivity contribution >= 4 is 34.4 Å². The minimum absolute atomic E-state index is 0.103. The molecule has 142 valence electrons.